The molecule has 0 fully saturated rings. The quantitative estimate of drug-likeness (QED) is 0.322. The van der Waals surface area contributed by atoms with Crippen LogP contribution in [0.25, 0.3) is 0 Å². The zero-order valence-electron chi connectivity index (χ0n) is 22.2. The van der Waals surface area contributed by atoms with Crippen LogP contribution >= 0.6 is 0 Å². The molecule has 39 heavy (non-hydrogen) atoms. The predicted molar refractivity (Wildman–Crippen MR) is 154 cm³/mol. The largest absolute Gasteiger partial charge is 0.491 e. The normalized spacial score (nSPS) is 15.1. The van der Waals surface area contributed by atoms with Crippen LogP contribution in [0.3, 0.4) is 0 Å². The summed E-state index contributed by atoms with van der Waals surface area (Å²) in [6, 6.07) is 32.7. The Kier molecular flexibility index (Phi) is 8.42. The van der Waals surface area contributed by atoms with Gasteiger partial charge in [-0.2, -0.15) is 0 Å². The van der Waals surface area contributed by atoms with E-state index in [1.807, 2.05) is 65.4 Å². The van der Waals surface area contributed by atoms with Crippen LogP contribution in [0.2, 0.25) is 0 Å². The van der Waals surface area contributed by atoms with Gasteiger partial charge < -0.3 is 19.9 Å². The first-order valence-electron chi connectivity index (χ1n) is 13.4. The van der Waals surface area contributed by atoms with E-state index in [1.54, 1.807) is 12.1 Å². The second-order valence-electron chi connectivity index (χ2n) is 9.94. The summed E-state index contributed by atoms with van der Waals surface area (Å²) in [5, 5.41) is 3.56. The summed E-state index contributed by atoms with van der Waals surface area (Å²) in [4.78, 5) is 17.9. The zero-order chi connectivity index (χ0) is 27.0. The summed E-state index contributed by atoms with van der Waals surface area (Å²) in [5.41, 5.74) is 5.18. The SMILES string of the molecule is CN(CCC(=O)N1Cc2ccccc2NCc2ccccc2OC[C@@H]1Cc1ccccc1)c1ccc(F)cc1. The lowest BCUT2D eigenvalue weighted by Gasteiger charge is -2.33. The maximum atomic E-state index is 14.0. The van der Waals surface area contributed by atoms with E-state index in [-0.39, 0.29) is 17.8 Å². The Morgan fingerprint density at radius 2 is 1.62 bits per heavy atom. The molecule has 1 heterocycles. The molecule has 0 aliphatic carbocycles. The number of hydrogen-bond donors (Lipinski definition) is 1. The fraction of sp³-hybridized carbons (Fsp3) is 0.242. The minimum Gasteiger partial charge on any atom is -0.491 e. The average Bonchev–Trinajstić information content (AvgIpc) is 3.00. The van der Waals surface area contributed by atoms with Crippen molar-refractivity contribution >= 4 is 17.3 Å². The van der Waals surface area contributed by atoms with Crippen molar-refractivity contribution in [2.45, 2.75) is 32.0 Å². The summed E-state index contributed by atoms with van der Waals surface area (Å²) in [5.74, 6) is 0.603. The number of carbonyl (C=O) groups excluding carboxylic acids is 1. The van der Waals surface area contributed by atoms with Gasteiger partial charge in [0.1, 0.15) is 18.2 Å². The first-order valence-corrected chi connectivity index (χ1v) is 13.4. The maximum absolute atomic E-state index is 14.0. The molecule has 6 heteroatoms. The van der Waals surface area contributed by atoms with E-state index in [0.29, 0.717) is 39.1 Å². The number of nitrogens with one attached hydrogen (secondary N) is 1. The van der Waals surface area contributed by atoms with Crippen LogP contribution in [-0.4, -0.2) is 37.0 Å². The number of hydrogen-bond acceptors (Lipinski definition) is 4. The van der Waals surface area contributed by atoms with Gasteiger partial charge in [0.15, 0.2) is 0 Å². The Hall–Kier alpha value is -4.32. The molecule has 1 aliphatic rings. The second kappa shape index (κ2) is 12.5. The second-order valence-corrected chi connectivity index (χ2v) is 9.94. The highest BCUT2D eigenvalue weighted by molar-refractivity contribution is 5.77. The first-order chi connectivity index (χ1) is 19.1. The van der Waals surface area contributed by atoms with Gasteiger partial charge in [0.2, 0.25) is 5.91 Å². The Bertz CT molecular complexity index is 1380. The van der Waals surface area contributed by atoms with Crippen LogP contribution in [0, 0.1) is 5.82 Å². The van der Waals surface area contributed by atoms with Crippen molar-refractivity contribution in [2.75, 3.05) is 30.4 Å². The van der Waals surface area contributed by atoms with Gasteiger partial charge in [0.25, 0.3) is 0 Å². The number of ether oxygens (including phenoxy) is 1. The molecular weight excluding hydrogens is 489 g/mol. The summed E-state index contributed by atoms with van der Waals surface area (Å²) in [6.45, 7) is 2.00. The predicted octanol–water partition coefficient (Wildman–Crippen LogP) is 6.30. The van der Waals surface area contributed by atoms with Crippen LogP contribution in [0.4, 0.5) is 15.8 Å². The van der Waals surface area contributed by atoms with Gasteiger partial charge in [-0.3, -0.25) is 4.79 Å². The van der Waals surface area contributed by atoms with Gasteiger partial charge in [-0.05, 0) is 53.9 Å². The van der Waals surface area contributed by atoms with Crippen molar-refractivity contribution in [3.8, 4) is 5.75 Å². The summed E-state index contributed by atoms with van der Waals surface area (Å²) in [6.07, 6.45) is 1.00. The third kappa shape index (κ3) is 6.77. The molecule has 0 bridgehead atoms. The lowest BCUT2D eigenvalue weighted by atomic mass is 10.0. The zero-order valence-corrected chi connectivity index (χ0v) is 22.2. The number of amides is 1. The summed E-state index contributed by atoms with van der Waals surface area (Å²) in [7, 11) is 1.92. The Labute approximate surface area is 229 Å². The molecule has 0 saturated heterocycles. The highest BCUT2D eigenvalue weighted by Gasteiger charge is 2.27. The summed E-state index contributed by atoms with van der Waals surface area (Å²) >= 11 is 0. The van der Waals surface area contributed by atoms with E-state index >= 15 is 0 Å². The smallest absolute Gasteiger partial charge is 0.225 e. The average molecular weight is 524 g/mol. The first kappa shape index (κ1) is 26.3. The molecule has 1 amide bonds. The van der Waals surface area contributed by atoms with E-state index in [1.165, 1.54) is 12.1 Å². The van der Waals surface area contributed by atoms with Crippen LogP contribution in [0.1, 0.15) is 23.1 Å². The molecular formula is C33H34FN3O2. The van der Waals surface area contributed by atoms with E-state index in [2.05, 4.69) is 35.6 Å². The lowest BCUT2D eigenvalue weighted by Crippen LogP contribution is -2.45. The Balaban J connectivity index is 1.45. The van der Waals surface area contributed by atoms with Gasteiger partial charge in [-0.15, -0.1) is 0 Å². The van der Waals surface area contributed by atoms with Crippen molar-refractivity contribution < 1.29 is 13.9 Å². The molecule has 1 atom stereocenters. The third-order valence-electron chi connectivity index (χ3n) is 7.23. The number of nitrogens with zero attached hydrogens (tertiary/aromatic N) is 2. The van der Waals surface area contributed by atoms with E-state index in [9.17, 15) is 9.18 Å². The van der Waals surface area contributed by atoms with Crippen LogP contribution in [0.15, 0.2) is 103 Å². The highest BCUT2D eigenvalue weighted by Crippen LogP contribution is 2.26. The molecule has 5 nitrogen and oxygen atoms in total. The van der Waals surface area contributed by atoms with Crippen molar-refractivity contribution in [3.63, 3.8) is 0 Å². The fourth-order valence-electron chi connectivity index (χ4n) is 4.98. The van der Waals surface area contributed by atoms with Gasteiger partial charge in [-0.25, -0.2) is 4.39 Å². The fourth-order valence-corrected chi connectivity index (χ4v) is 4.98. The van der Waals surface area contributed by atoms with Gasteiger partial charge in [0, 0.05) is 50.0 Å². The van der Waals surface area contributed by atoms with Crippen molar-refractivity contribution in [3.05, 3.63) is 126 Å². The third-order valence-corrected chi connectivity index (χ3v) is 7.23. The number of carbonyl (C=O) groups is 1. The van der Waals surface area contributed by atoms with E-state index < -0.39 is 0 Å². The standard InChI is InChI=1S/C33H34FN3O2/c1-36(29-17-15-28(34)16-18-29)20-19-33(38)37-23-27-12-5-7-13-31(27)35-22-26-11-6-8-14-32(26)39-24-30(37)21-25-9-3-2-4-10-25/h2-18,30,35H,19-24H2,1H3/t30-/m0/s1. The van der Waals surface area contributed by atoms with Crippen molar-refractivity contribution in [1.29, 1.82) is 0 Å². The Morgan fingerprint density at radius 1 is 0.923 bits per heavy atom. The maximum Gasteiger partial charge on any atom is 0.225 e. The molecule has 0 radical (unpaired) electrons. The molecule has 4 aromatic rings. The number of benzene rings is 4. The van der Waals surface area contributed by atoms with Crippen molar-refractivity contribution in [1.82, 2.24) is 4.90 Å². The van der Waals surface area contributed by atoms with E-state index in [0.717, 1.165) is 33.8 Å². The number of anilines is 2. The Morgan fingerprint density at radius 3 is 2.41 bits per heavy atom. The van der Waals surface area contributed by atoms with Crippen LogP contribution < -0.4 is 15.0 Å². The molecule has 0 saturated carbocycles. The molecule has 0 spiro atoms. The summed E-state index contributed by atoms with van der Waals surface area (Å²) < 4.78 is 19.8. The minimum atomic E-state index is -0.274. The highest BCUT2D eigenvalue weighted by atomic mass is 19.1. The van der Waals surface area contributed by atoms with E-state index in [4.69, 9.17) is 4.74 Å². The monoisotopic (exact) mass is 523 g/mol. The van der Waals surface area contributed by atoms with Crippen LogP contribution in [-0.2, 0) is 24.3 Å². The number of rotatable bonds is 6. The van der Waals surface area contributed by atoms with Crippen molar-refractivity contribution in [2.24, 2.45) is 0 Å². The molecule has 200 valence electrons. The number of para-hydroxylation sites is 2. The molecule has 1 N–H and O–H groups in total. The number of fused-ring (bicyclic) bond motifs is 2. The molecule has 0 unspecified atom stereocenters. The van der Waals surface area contributed by atoms with Crippen LogP contribution in [0.5, 0.6) is 5.75 Å². The molecule has 5 rings (SSSR count). The lowest BCUT2D eigenvalue weighted by molar-refractivity contribution is -0.134. The molecule has 0 aromatic heterocycles. The minimum absolute atomic E-state index is 0.0517. The molecule has 1 aliphatic heterocycles. The number of halogens is 1. The van der Waals surface area contributed by atoms with Gasteiger partial charge >= 0.3 is 0 Å². The topological polar surface area (TPSA) is 44.8 Å². The van der Waals surface area contributed by atoms with Gasteiger partial charge in [0.05, 0.1) is 6.04 Å². The molecule has 4 aromatic carbocycles. The van der Waals surface area contributed by atoms with Gasteiger partial charge in [-0.1, -0.05) is 66.7 Å².